The zero-order valence-corrected chi connectivity index (χ0v) is 78.8. The number of amides is 7. The van der Waals surface area contributed by atoms with Gasteiger partial charge in [0.2, 0.25) is 59.7 Å². The first-order valence-electron chi connectivity index (χ1n) is 46.4. The Kier molecular flexibility index (Phi) is 30.3. The van der Waals surface area contributed by atoms with Crippen molar-refractivity contribution in [2.45, 2.75) is 167 Å². The number of aliphatic hydroxyl groups excluding tert-OH is 10. The number of aliphatic carboxylic acids is 1. The van der Waals surface area contributed by atoms with Crippen molar-refractivity contribution < 1.29 is 158 Å². The van der Waals surface area contributed by atoms with Crippen LogP contribution in [0.15, 0.2) is 224 Å². The number of phenolic OH excluding ortho intramolecular Hbond substituents is 4. The number of carbonyl (C=O) groups is 8. The lowest BCUT2D eigenvalue weighted by Crippen LogP contribution is -2.65. The van der Waals surface area contributed by atoms with Gasteiger partial charge in [0.1, 0.15) is 150 Å². The fourth-order valence-corrected chi connectivity index (χ4v) is 19.1. The van der Waals surface area contributed by atoms with Crippen molar-refractivity contribution in [3.05, 3.63) is 285 Å². The number of rotatable bonds is 19. The number of nitrogens with one attached hydrogen (secondary N) is 9. The molecule has 3 fully saturated rings. The number of carbonyl (C=O) groups excluding carboxylic acids is 7. The van der Waals surface area contributed by atoms with Crippen molar-refractivity contribution in [3.63, 3.8) is 0 Å². The Labute approximate surface area is 845 Å². The molecule has 24 N–H and O–H groups in total. The van der Waals surface area contributed by atoms with E-state index < -0.39 is 299 Å². The molecule has 0 spiro atoms. The maximum Gasteiger partial charge on any atom is 0.330 e. The molecule has 43 heteroatoms. The van der Waals surface area contributed by atoms with Gasteiger partial charge in [0, 0.05) is 55.3 Å². The van der Waals surface area contributed by atoms with Gasteiger partial charge in [0.25, 0.3) is 0 Å². The molecule has 766 valence electrons. The molecule has 147 heavy (non-hydrogen) atoms. The van der Waals surface area contributed by atoms with Crippen LogP contribution in [0.4, 0.5) is 0 Å². The zero-order valence-electron chi connectivity index (χ0n) is 77.3. The number of carboxylic acids is 1. The highest BCUT2D eigenvalue weighted by molar-refractivity contribution is 6.32. The Morgan fingerprint density at radius 2 is 0.939 bits per heavy atom. The standard InChI is InChI=1S/C104H99Cl2N9O32/c1-45(119)109-84-90(128)87(125)75(43-117)144-103(84)146-93-55-23-27-69(64(106)33-55)141-73-36-57-35-72(94(73)147-102-83(89(127)86(124)74(42-116)143-102)108-41-47-14-19-52(20-15-47)50-10-6-3-7-11-50)140-68-26-16-48(28-63(68)105)29-65-95(131)111-80(56-30-58(120)37-60(31-56)139-70-34-54(22-25-67(70)123)78(96(132)110-65)107-40-46-12-17-51(18-13-46)49-8-4-2-5-9-49)98(134)113-81(57)99(135)112-79-53-21-24-66(122)61(32-53)77-62(82(101(137)138)114-100(136)85(93)115-97(79)133)38-59(121)39-71(77)142-104-92(130)91(129)88(126)76(44-118)145-104/h2-28,30-39,65,74-76,78-93,102-104,107-108,116-118,120-130H,29,40-44H2,1H3,(H,109,119)(H,110,132)(H,111,131)(H,112,135)(H,113,134)(H,114,136)(H,115,133)(H,137,138)/t65-,74-,75-,76-,78-,79-,80+,81-,82+,83-,84-,85+,86-,87-,88-,89-,90-,91+,92+,93-,102+,103+,104+/m1/s1. The predicted molar refractivity (Wildman–Crippen MR) is 516 cm³/mol. The average molecular weight is 2060 g/mol. The Balaban J connectivity index is 0.853. The van der Waals surface area contributed by atoms with Gasteiger partial charge in [-0.25, -0.2) is 4.79 Å². The molecule has 0 saturated carbocycles. The van der Waals surface area contributed by atoms with Crippen LogP contribution in [0.3, 0.4) is 0 Å². The Hall–Kier alpha value is -14.7. The third kappa shape index (κ3) is 21.8. The van der Waals surface area contributed by atoms with Crippen molar-refractivity contribution >= 4 is 70.5 Å². The minimum atomic E-state index is -2.59. The van der Waals surface area contributed by atoms with Crippen molar-refractivity contribution in [2.24, 2.45) is 0 Å². The van der Waals surface area contributed by atoms with Gasteiger partial charge < -0.3 is 162 Å². The van der Waals surface area contributed by atoms with Gasteiger partial charge in [-0.1, -0.05) is 157 Å². The molecular formula is C104H99Cl2N9O32. The molecule has 11 aromatic carbocycles. The van der Waals surface area contributed by atoms with Crippen LogP contribution in [0.2, 0.25) is 10.0 Å². The Bertz CT molecular complexity index is 6820. The van der Waals surface area contributed by atoms with E-state index in [1.807, 2.05) is 97.1 Å². The lowest BCUT2D eigenvalue weighted by molar-refractivity contribution is -0.284. The molecule has 17 bridgehead atoms. The van der Waals surface area contributed by atoms with Gasteiger partial charge >= 0.3 is 5.97 Å². The van der Waals surface area contributed by atoms with Crippen LogP contribution < -0.4 is 71.5 Å². The van der Waals surface area contributed by atoms with E-state index in [-0.39, 0.29) is 57.6 Å². The topological polar surface area (TPSA) is 631 Å². The number of aliphatic hydroxyl groups is 10. The fourth-order valence-electron chi connectivity index (χ4n) is 18.6. The molecular weight excluding hydrogens is 1960 g/mol. The van der Waals surface area contributed by atoms with Gasteiger partial charge in [0.15, 0.2) is 35.3 Å². The summed E-state index contributed by atoms with van der Waals surface area (Å²) in [6.07, 6.45) is -28.8. The molecule has 9 heterocycles. The Morgan fingerprint density at radius 3 is 1.54 bits per heavy atom. The number of aromatic hydroxyl groups is 4. The molecule has 23 atom stereocenters. The van der Waals surface area contributed by atoms with E-state index >= 15 is 28.8 Å². The number of hydrogen-bond donors (Lipinski definition) is 24. The predicted octanol–water partition coefficient (Wildman–Crippen LogP) is 4.86. The largest absolute Gasteiger partial charge is 0.508 e. The second kappa shape index (κ2) is 43.5. The molecule has 7 amide bonds. The summed E-state index contributed by atoms with van der Waals surface area (Å²) in [4.78, 5) is 127. The van der Waals surface area contributed by atoms with Crippen LogP contribution in [0.1, 0.15) is 93.3 Å². The first-order valence-corrected chi connectivity index (χ1v) is 47.2. The highest BCUT2D eigenvalue weighted by Crippen LogP contribution is 2.52. The number of phenols is 4. The molecule has 0 unspecified atom stereocenters. The third-order valence-corrected chi connectivity index (χ3v) is 26.8. The van der Waals surface area contributed by atoms with E-state index in [2.05, 4.69) is 47.9 Å². The van der Waals surface area contributed by atoms with Crippen LogP contribution in [0, 0.1) is 0 Å². The highest BCUT2D eigenvalue weighted by Gasteiger charge is 2.52. The van der Waals surface area contributed by atoms with Crippen molar-refractivity contribution in [1.29, 1.82) is 0 Å². The smallest absolute Gasteiger partial charge is 0.330 e. The number of hydrogen-bond acceptors (Lipinski definition) is 33. The van der Waals surface area contributed by atoms with Gasteiger partial charge in [-0.2, -0.15) is 0 Å². The summed E-state index contributed by atoms with van der Waals surface area (Å²) in [5.41, 5.74) is 1.28. The normalized spacial score (nSPS) is 27.1. The van der Waals surface area contributed by atoms with Gasteiger partial charge in [-0.3, -0.25) is 38.9 Å². The maximum atomic E-state index is 17.3. The number of halogens is 2. The summed E-state index contributed by atoms with van der Waals surface area (Å²) in [5.74, 6) is -18.2. The molecule has 9 aliphatic heterocycles. The zero-order chi connectivity index (χ0) is 104. The summed E-state index contributed by atoms with van der Waals surface area (Å²) < 4.78 is 58.6. The molecule has 20 rings (SSSR count). The van der Waals surface area contributed by atoms with Crippen LogP contribution in [-0.4, -0.2) is 248 Å². The highest BCUT2D eigenvalue weighted by atomic mass is 35.5. The summed E-state index contributed by atoms with van der Waals surface area (Å²) in [5, 5.41) is 197. The van der Waals surface area contributed by atoms with E-state index in [0.29, 0.717) is 11.1 Å². The number of ether oxygens (including phenoxy) is 9. The van der Waals surface area contributed by atoms with Crippen molar-refractivity contribution in [3.8, 4) is 102 Å². The van der Waals surface area contributed by atoms with E-state index in [9.17, 15) is 86.2 Å². The maximum absolute atomic E-state index is 17.3. The van der Waals surface area contributed by atoms with Crippen LogP contribution in [0.25, 0.3) is 33.4 Å². The van der Waals surface area contributed by atoms with Gasteiger partial charge in [-0.15, -0.1) is 0 Å². The third-order valence-electron chi connectivity index (χ3n) is 26.3. The molecule has 11 aromatic rings. The number of carboxylic acid groups (broad SMARTS) is 1. The van der Waals surface area contributed by atoms with Crippen molar-refractivity contribution in [1.82, 2.24) is 47.9 Å². The molecule has 41 nitrogen and oxygen atoms in total. The number of benzene rings is 11. The average Bonchev–Trinajstić information content (AvgIpc) is 0.753. The van der Waals surface area contributed by atoms with Gasteiger partial charge in [-0.05, 0) is 146 Å². The molecule has 0 aromatic heterocycles. The van der Waals surface area contributed by atoms with E-state index in [1.54, 1.807) is 12.1 Å². The summed E-state index contributed by atoms with van der Waals surface area (Å²) >= 11 is 15.0. The second-order valence-corrected chi connectivity index (χ2v) is 36.9. The quantitative estimate of drug-likeness (QED) is 0.0514. The lowest BCUT2D eigenvalue weighted by Gasteiger charge is -2.44. The van der Waals surface area contributed by atoms with E-state index in [4.69, 9.17) is 65.8 Å². The van der Waals surface area contributed by atoms with Crippen LogP contribution >= 0.6 is 23.2 Å². The van der Waals surface area contributed by atoms with Gasteiger partial charge in [0.05, 0.1) is 35.9 Å². The molecule has 0 aliphatic carbocycles. The minimum absolute atomic E-state index is 0.0126. The van der Waals surface area contributed by atoms with E-state index in [1.165, 1.54) is 42.5 Å². The second-order valence-electron chi connectivity index (χ2n) is 36.1. The first-order chi connectivity index (χ1) is 70.6. The molecule has 9 aliphatic rings. The monoisotopic (exact) mass is 2060 g/mol. The molecule has 3 saturated heterocycles. The minimum Gasteiger partial charge on any atom is -0.508 e. The summed E-state index contributed by atoms with van der Waals surface area (Å²) in [6.45, 7) is -2.22. The summed E-state index contributed by atoms with van der Waals surface area (Å²) in [6, 6.07) is 35.7. The number of fused-ring (bicyclic) bond motifs is 14. The van der Waals surface area contributed by atoms with Crippen molar-refractivity contribution in [2.75, 3.05) is 19.8 Å². The van der Waals surface area contributed by atoms with Crippen LogP contribution in [0.5, 0.6) is 69.0 Å². The van der Waals surface area contributed by atoms with Crippen LogP contribution in [-0.2, 0) is 76.8 Å². The first kappa shape index (κ1) is 102. The Morgan fingerprint density at radius 1 is 0.422 bits per heavy atom. The SMILES string of the molecule is CC(=O)N[C@H]1[C@H](O[C@@H]2c3ccc(c(Cl)c3)Oc3cc4cc(c3O[C@@H]3O[C@H](CO)[C@@H](O)[C@H](O)[C@H]3NCc3ccc(-c5ccccc5)cc3)Oc3ccc(cc3Cl)C[C@H]3NC(=O)[C@H](NCc5ccc(-c6ccccc6)cc5)c5ccc(O)c(c5)Oc5cc(O)cc(c5)[C@H](NC3=O)C(=O)N[C@H]4C(=O)N[C@H]3C(=O)N[C@@H]2C(=O)N[C@H](C(=O)O)c2cc(O)cc(O[C@H]4O[C@H](CO)[C@@H](O)[C@H](O)[C@@H]4O)c2-c2cc3ccc2O)O[C@H](CO)[C@@H](O)[C@@H]1O. The molecule has 0 radical (unpaired) electrons. The summed E-state index contributed by atoms with van der Waals surface area (Å²) in [7, 11) is 0. The van der Waals surface area contributed by atoms with E-state index in [0.717, 1.165) is 102 Å². The lowest BCUT2D eigenvalue weighted by atomic mass is 9.89. The fraction of sp³-hybridized carbons (Fsp3) is 0.288.